The molecule has 0 aromatic heterocycles. The second-order valence-electron chi connectivity index (χ2n) is 6.37. The minimum Gasteiger partial charge on any atom is -0.487 e. The Balaban J connectivity index is 1.92. The molecule has 0 radical (unpaired) electrons. The van der Waals surface area contributed by atoms with Gasteiger partial charge in [-0.15, -0.1) is 0 Å². The van der Waals surface area contributed by atoms with Gasteiger partial charge in [-0.3, -0.25) is 0 Å². The van der Waals surface area contributed by atoms with Crippen LogP contribution in [0.5, 0.6) is 5.75 Å². The molecule has 0 spiro atoms. The van der Waals surface area contributed by atoms with Crippen LogP contribution in [0.15, 0.2) is 12.1 Å². The normalized spacial score (nSPS) is 15.9. The van der Waals surface area contributed by atoms with Crippen molar-refractivity contribution in [3.63, 3.8) is 0 Å². The Kier molecular flexibility index (Phi) is 5.97. The lowest BCUT2D eigenvalue weighted by Crippen LogP contribution is -2.19. The first-order valence-electron chi connectivity index (χ1n) is 7.87. The van der Waals surface area contributed by atoms with Crippen LogP contribution in [0.25, 0.3) is 0 Å². The first-order chi connectivity index (χ1) is 10.1. The van der Waals surface area contributed by atoms with Crippen molar-refractivity contribution in [2.45, 2.75) is 46.1 Å². The summed E-state index contributed by atoms with van der Waals surface area (Å²) < 4.78 is 33.3. The molecule has 21 heavy (non-hydrogen) atoms. The Bertz CT molecular complexity index is 433. The fourth-order valence-electron chi connectivity index (χ4n) is 2.74. The zero-order valence-electron chi connectivity index (χ0n) is 12.9. The van der Waals surface area contributed by atoms with Gasteiger partial charge in [-0.1, -0.05) is 26.7 Å². The van der Waals surface area contributed by atoms with Gasteiger partial charge in [-0.2, -0.15) is 0 Å². The molecule has 1 aliphatic rings. The maximum Gasteiger partial charge on any atom is 0.190 e. The van der Waals surface area contributed by atoms with Gasteiger partial charge in [0, 0.05) is 6.54 Å². The van der Waals surface area contributed by atoms with Gasteiger partial charge in [0.25, 0.3) is 0 Å². The second-order valence-corrected chi connectivity index (χ2v) is 6.37. The third kappa shape index (κ3) is 4.95. The van der Waals surface area contributed by atoms with Crippen LogP contribution in [-0.4, -0.2) is 13.2 Å². The summed E-state index contributed by atoms with van der Waals surface area (Å²) in [5, 5.41) is 3.18. The minimum absolute atomic E-state index is 0.227. The van der Waals surface area contributed by atoms with E-state index in [-0.39, 0.29) is 5.75 Å². The Labute approximate surface area is 125 Å². The van der Waals surface area contributed by atoms with Crippen molar-refractivity contribution < 1.29 is 13.5 Å². The summed E-state index contributed by atoms with van der Waals surface area (Å²) in [5.41, 5.74) is 0.610. The maximum absolute atomic E-state index is 14.0. The fourth-order valence-corrected chi connectivity index (χ4v) is 2.74. The van der Waals surface area contributed by atoms with Crippen molar-refractivity contribution in [3.05, 3.63) is 29.3 Å². The lowest BCUT2D eigenvalue weighted by Gasteiger charge is -2.14. The number of hydrogen-bond acceptors (Lipinski definition) is 2. The zero-order valence-corrected chi connectivity index (χ0v) is 12.9. The molecule has 1 N–H and O–H groups in total. The summed E-state index contributed by atoms with van der Waals surface area (Å²) in [6, 6.07) is 2.72. The van der Waals surface area contributed by atoms with E-state index in [1.165, 1.54) is 25.0 Å². The van der Waals surface area contributed by atoms with Gasteiger partial charge in [0.05, 0.1) is 6.61 Å². The third-order valence-corrected chi connectivity index (χ3v) is 3.88. The summed E-state index contributed by atoms with van der Waals surface area (Å²) >= 11 is 0. The highest BCUT2D eigenvalue weighted by molar-refractivity contribution is 5.31. The lowest BCUT2D eigenvalue weighted by molar-refractivity contribution is 0.231. The van der Waals surface area contributed by atoms with E-state index in [2.05, 4.69) is 19.2 Å². The summed E-state index contributed by atoms with van der Waals surface area (Å²) in [6.07, 6.45) is 4.58. The van der Waals surface area contributed by atoms with Crippen molar-refractivity contribution in [2.75, 3.05) is 13.2 Å². The molecule has 1 aromatic carbocycles. The molecule has 2 rings (SSSR count). The Morgan fingerprint density at radius 1 is 1.19 bits per heavy atom. The largest absolute Gasteiger partial charge is 0.487 e. The molecule has 2 nitrogen and oxygen atoms in total. The molecule has 0 amide bonds. The van der Waals surface area contributed by atoms with Gasteiger partial charge < -0.3 is 10.1 Å². The highest BCUT2D eigenvalue weighted by atomic mass is 19.1. The van der Waals surface area contributed by atoms with E-state index >= 15 is 0 Å². The van der Waals surface area contributed by atoms with Crippen LogP contribution in [0.2, 0.25) is 0 Å². The molecular formula is C17H25F2NO. The van der Waals surface area contributed by atoms with Crippen molar-refractivity contribution in [2.24, 2.45) is 11.8 Å². The van der Waals surface area contributed by atoms with Crippen molar-refractivity contribution in [1.29, 1.82) is 0 Å². The smallest absolute Gasteiger partial charge is 0.190 e. The Morgan fingerprint density at radius 2 is 1.81 bits per heavy atom. The molecule has 0 atom stereocenters. The van der Waals surface area contributed by atoms with Gasteiger partial charge >= 0.3 is 0 Å². The molecule has 1 fully saturated rings. The Morgan fingerprint density at radius 3 is 2.38 bits per heavy atom. The average molecular weight is 297 g/mol. The third-order valence-electron chi connectivity index (χ3n) is 3.88. The zero-order chi connectivity index (χ0) is 15.2. The first-order valence-corrected chi connectivity index (χ1v) is 7.87. The summed E-state index contributed by atoms with van der Waals surface area (Å²) in [5.74, 6) is -0.483. The lowest BCUT2D eigenvalue weighted by atomic mass is 10.1. The average Bonchev–Trinajstić information content (AvgIpc) is 2.90. The van der Waals surface area contributed by atoms with Gasteiger partial charge in [0.1, 0.15) is 0 Å². The maximum atomic E-state index is 14.0. The van der Waals surface area contributed by atoms with E-state index in [9.17, 15) is 8.78 Å². The van der Waals surface area contributed by atoms with E-state index < -0.39 is 11.6 Å². The van der Waals surface area contributed by atoms with E-state index in [0.717, 1.165) is 19.4 Å². The van der Waals surface area contributed by atoms with Gasteiger partial charge in [0.15, 0.2) is 17.4 Å². The van der Waals surface area contributed by atoms with Gasteiger partial charge in [0.2, 0.25) is 0 Å². The van der Waals surface area contributed by atoms with Crippen LogP contribution >= 0.6 is 0 Å². The molecule has 0 heterocycles. The summed E-state index contributed by atoms with van der Waals surface area (Å²) in [7, 11) is 0. The standard InChI is InChI=1S/C17H25F2NO/c1-12(2)9-20-10-14-7-15(18)17(16(19)8-14)21-11-13-5-3-4-6-13/h7-8,12-13,20H,3-6,9-11H2,1-2H3. The number of nitrogens with one attached hydrogen (secondary N) is 1. The molecule has 1 aromatic rings. The monoisotopic (exact) mass is 297 g/mol. The molecule has 0 unspecified atom stereocenters. The van der Waals surface area contributed by atoms with Gasteiger partial charge in [-0.25, -0.2) is 8.78 Å². The van der Waals surface area contributed by atoms with E-state index in [4.69, 9.17) is 4.74 Å². The van der Waals surface area contributed by atoms with E-state index in [1.807, 2.05) is 0 Å². The molecule has 1 saturated carbocycles. The van der Waals surface area contributed by atoms with Crippen LogP contribution < -0.4 is 10.1 Å². The van der Waals surface area contributed by atoms with E-state index in [1.54, 1.807) is 0 Å². The fraction of sp³-hybridized carbons (Fsp3) is 0.647. The molecule has 0 bridgehead atoms. The van der Waals surface area contributed by atoms with Crippen molar-refractivity contribution in [1.82, 2.24) is 5.32 Å². The predicted molar refractivity (Wildman–Crippen MR) is 80.4 cm³/mol. The topological polar surface area (TPSA) is 21.3 Å². The van der Waals surface area contributed by atoms with Crippen LogP contribution in [0.4, 0.5) is 8.78 Å². The van der Waals surface area contributed by atoms with E-state index in [0.29, 0.717) is 30.6 Å². The number of rotatable bonds is 7. The Hall–Kier alpha value is -1.16. The first kappa shape index (κ1) is 16.2. The number of hydrogen-bond donors (Lipinski definition) is 1. The molecular weight excluding hydrogens is 272 g/mol. The van der Waals surface area contributed by atoms with Gasteiger partial charge in [-0.05, 0) is 48.9 Å². The molecule has 1 aliphatic carbocycles. The number of ether oxygens (including phenoxy) is 1. The minimum atomic E-state index is -0.602. The molecule has 4 heteroatoms. The molecule has 0 saturated heterocycles. The van der Waals surface area contributed by atoms with Crippen LogP contribution in [0.3, 0.4) is 0 Å². The molecule has 0 aliphatic heterocycles. The SMILES string of the molecule is CC(C)CNCc1cc(F)c(OCC2CCCC2)c(F)c1. The van der Waals surface area contributed by atoms with Crippen LogP contribution in [0, 0.1) is 23.5 Å². The summed E-state index contributed by atoms with van der Waals surface area (Å²) in [6.45, 7) is 5.89. The van der Waals surface area contributed by atoms with Crippen LogP contribution in [-0.2, 0) is 6.54 Å². The second kappa shape index (κ2) is 7.74. The highest BCUT2D eigenvalue weighted by Crippen LogP contribution is 2.28. The quantitative estimate of drug-likeness (QED) is 0.811. The number of benzene rings is 1. The van der Waals surface area contributed by atoms with Crippen LogP contribution in [0.1, 0.15) is 45.1 Å². The molecule has 118 valence electrons. The predicted octanol–water partition coefficient (Wildman–Crippen LogP) is 4.28. The van der Waals surface area contributed by atoms with Crippen molar-refractivity contribution >= 4 is 0 Å². The van der Waals surface area contributed by atoms with Crippen molar-refractivity contribution in [3.8, 4) is 5.75 Å². The summed E-state index contributed by atoms with van der Waals surface area (Å²) in [4.78, 5) is 0. The number of halogens is 2. The highest BCUT2D eigenvalue weighted by Gasteiger charge is 2.18.